The van der Waals surface area contributed by atoms with E-state index in [0.29, 0.717) is 11.3 Å². The summed E-state index contributed by atoms with van der Waals surface area (Å²) in [6.07, 6.45) is 0.858. The van der Waals surface area contributed by atoms with E-state index >= 15 is 0 Å². The first kappa shape index (κ1) is 13.3. The van der Waals surface area contributed by atoms with Gasteiger partial charge in [0.1, 0.15) is 0 Å². The van der Waals surface area contributed by atoms with Gasteiger partial charge in [-0.05, 0) is 18.6 Å². The highest BCUT2D eigenvalue weighted by atomic mass is 32.2. The van der Waals surface area contributed by atoms with Gasteiger partial charge in [0.05, 0.1) is 27.0 Å². The molecule has 2 unspecified atom stereocenters. The fourth-order valence-electron chi connectivity index (χ4n) is 1.37. The number of hydrogen-bond donors (Lipinski definition) is 0. The van der Waals surface area contributed by atoms with Crippen LogP contribution in [-0.4, -0.2) is 14.4 Å². The van der Waals surface area contributed by atoms with Crippen molar-refractivity contribution < 1.29 is 9.13 Å². The van der Waals surface area contributed by atoms with Crippen molar-refractivity contribution in [3.63, 3.8) is 0 Å². The number of non-ortho nitro benzene ring substituents is 1. The Morgan fingerprint density at radius 3 is 2.47 bits per heavy atom. The van der Waals surface area contributed by atoms with Crippen molar-refractivity contribution in [2.75, 3.05) is 0 Å². The Kier molecular flexibility index (Phi) is 4.79. The van der Waals surface area contributed by atoms with Gasteiger partial charge in [0.2, 0.25) is 0 Å². The molecule has 0 bridgehead atoms. The van der Waals surface area contributed by atoms with E-state index in [0.717, 1.165) is 0 Å². The normalized spacial score (nSPS) is 13.6. The summed E-state index contributed by atoms with van der Waals surface area (Å²) in [4.78, 5) is 10.5. The number of rotatable bonds is 5. The van der Waals surface area contributed by atoms with Crippen molar-refractivity contribution in [2.45, 2.75) is 29.9 Å². The number of hydrogen-bond acceptors (Lipinski definition) is 4. The molecule has 0 radical (unpaired) electrons. The Balaban J connectivity index is 2.89. The van der Waals surface area contributed by atoms with Crippen molar-refractivity contribution in [2.24, 2.45) is 0 Å². The van der Waals surface area contributed by atoms with Crippen molar-refractivity contribution in [3.05, 3.63) is 34.4 Å². The molecule has 90 valence electrons. The van der Waals surface area contributed by atoms with Crippen LogP contribution < -0.4 is 0 Å². The molecule has 1 rings (SSSR count). The van der Waals surface area contributed by atoms with Crippen LogP contribution in [0.4, 0.5) is 5.69 Å². The molecule has 5 nitrogen and oxygen atoms in total. The smallest absolute Gasteiger partial charge is 0.258 e. The van der Waals surface area contributed by atoms with E-state index in [4.69, 9.17) is 5.26 Å². The average molecular weight is 252 g/mol. The third-order valence-corrected chi connectivity index (χ3v) is 4.20. The summed E-state index contributed by atoms with van der Waals surface area (Å²) < 4.78 is 12.0. The summed E-state index contributed by atoms with van der Waals surface area (Å²) in [5.74, 6) is 0. The van der Waals surface area contributed by atoms with Gasteiger partial charge in [-0.15, -0.1) is 0 Å². The fourth-order valence-corrected chi connectivity index (χ4v) is 2.69. The maximum atomic E-state index is 12.0. The molecule has 6 heteroatoms. The van der Waals surface area contributed by atoms with E-state index in [-0.39, 0.29) is 17.4 Å². The molecule has 17 heavy (non-hydrogen) atoms. The van der Waals surface area contributed by atoms with Crippen LogP contribution >= 0.6 is 0 Å². The maximum absolute atomic E-state index is 12.0. The van der Waals surface area contributed by atoms with Gasteiger partial charge < -0.3 is 0 Å². The summed E-state index contributed by atoms with van der Waals surface area (Å²) in [5, 5.41) is 18.8. The van der Waals surface area contributed by atoms with Crippen LogP contribution in [-0.2, 0) is 10.8 Å². The number of nitro benzene ring substituents is 1. The topological polar surface area (TPSA) is 84.0 Å². The van der Waals surface area contributed by atoms with E-state index in [1.807, 2.05) is 13.0 Å². The van der Waals surface area contributed by atoms with Crippen LogP contribution in [0.2, 0.25) is 0 Å². The summed E-state index contributed by atoms with van der Waals surface area (Å²) in [6, 6.07) is 7.61. The lowest BCUT2D eigenvalue weighted by Gasteiger charge is -2.10. The van der Waals surface area contributed by atoms with Gasteiger partial charge in [0.25, 0.3) is 5.69 Å². The number of benzene rings is 1. The second-order valence-electron chi connectivity index (χ2n) is 3.44. The zero-order valence-corrected chi connectivity index (χ0v) is 10.1. The molecular weight excluding hydrogens is 240 g/mol. The molecule has 0 fully saturated rings. The number of nitrogens with zero attached hydrogens (tertiary/aromatic N) is 2. The van der Waals surface area contributed by atoms with E-state index < -0.39 is 15.7 Å². The van der Waals surface area contributed by atoms with Crippen LogP contribution in [0.1, 0.15) is 19.8 Å². The predicted octanol–water partition coefficient (Wildman–Crippen LogP) is 2.39. The Hall–Kier alpha value is -1.74. The zero-order valence-electron chi connectivity index (χ0n) is 9.33. The van der Waals surface area contributed by atoms with Gasteiger partial charge >= 0.3 is 0 Å². The molecule has 2 atom stereocenters. The molecular formula is C11H12N2O3S. The fraction of sp³-hybridized carbons (Fsp3) is 0.364. The van der Waals surface area contributed by atoms with Crippen molar-refractivity contribution in [3.8, 4) is 6.07 Å². The lowest BCUT2D eigenvalue weighted by Crippen LogP contribution is -2.13. The lowest BCUT2D eigenvalue weighted by molar-refractivity contribution is -0.384. The first-order chi connectivity index (χ1) is 8.10. The highest BCUT2D eigenvalue weighted by Gasteiger charge is 2.17. The van der Waals surface area contributed by atoms with Crippen LogP contribution in [0.25, 0.3) is 0 Å². The minimum Gasteiger partial charge on any atom is -0.258 e. The standard InChI is InChI=1S/C11H12N2O3S/c1-2-10(7-8-12)17(16)11-5-3-9(4-6-11)13(14)15/h3-6,10H,2,7H2,1H3. The largest absolute Gasteiger partial charge is 0.269 e. The molecule has 0 N–H and O–H groups in total. The first-order valence-electron chi connectivity index (χ1n) is 5.12. The van der Waals surface area contributed by atoms with Gasteiger partial charge in [-0.3, -0.25) is 14.3 Å². The van der Waals surface area contributed by atoms with Crippen molar-refractivity contribution >= 4 is 16.5 Å². The lowest BCUT2D eigenvalue weighted by atomic mass is 10.3. The summed E-state index contributed by atoms with van der Waals surface area (Å²) in [5.41, 5.74) is -0.0286. The molecule has 0 saturated heterocycles. The van der Waals surface area contributed by atoms with Crippen LogP contribution in [0, 0.1) is 21.4 Å². The number of nitro groups is 1. The summed E-state index contributed by atoms with van der Waals surface area (Å²) in [7, 11) is -1.29. The average Bonchev–Trinajstić information content (AvgIpc) is 2.35. The molecule has 0 aliphatic carbocycles. The highest BCUT2D eigenvalue weighted by molar-refractivity contribution is 7.85. The van der Waals surface area contributed by atoms with Gasteiger partial charge in [-0.2, -0.15) is 5.26 Å². The maximum Gasteiger partial charge on any atom is 0.269 e. The summed E-state index contributed by atoms with van der Waals surface area (Å²) >= 11 is 0. The quantitative estimate of drug-likeness (QED) is 0.595. The van der Waals surface area contributed by atoms with Crippen LogP contribution in [0.5, 0.6) is 0 Å². The van der Waals surface area contributed by atoms with Crippen molar-refractivity contribution in [1.29, 1.82) is 5.26 Å². The third-order valence-electron chi connectivity index (χ3n) is 2.36. The molecule has 1 aromatic rings. The van der Waals surface area contributed by atoms with E-state index in [1.165, 1.54) is 24.3 Å². The molecule has 0 aliphatic rings. The predicted molar refractivity (Wildman–Crippen MR) is 63.8 cm³/mol. The third kappa shape index (κ3) is 3.36. The first-order valence-corrected chi connectivity index (χ1v) is 6.33. The Morgan fingerprint density at radius 2 is 2.06 bits per heavy atom. The summed E-state index contributed by atoms with van der Waals surface area (Å²) in [6.45, 7) is 1.87. The molecule has 1 aromatic carbocycles. The van der Waals surface area contributed by atoms with Crippen LogP contribution in [0.15, 0.2) is 29.2 Å². The van der Waals surface area contributed by atoms with Gasteiger partial charge in [-0.25, -0.2) is 0 Å². The van der Waals surface area contributed by atoms with E-state index in [1.54, 1.807) is 0 Å². The molecule has 0 amide bonds. The van der Waals surface area contributed by atoms with Crippen LogP contribution in [0.3, 0.4) is 0 Å². The Bertz CT molecular complexity index is 465. The second-order valence-corrected chi connectivity index (χ2v) is 5.17. The SMILES string of the molecule is CCC(CC#N)S(=O)c1ccc([N+](=O)[O-])cc1. The van der Waals surface area contributed by atoms with E-state index in [9.17, 15) is 14.3 Å². The Labute approximate surface area is 102 Å². The molecule has 0 saturated carbocycles. The molecule has 0 aromatic heterocycles. The van der Waals surface area contributed by atoms with Gasteiger partial charge in [0, 0.05) is 23.4 Å². The van der Waals surface area contributed by atoms with Crippen molar-refractivity contribution in [1.82, 2.24) is 0 Å². The molecule has 0 heterocycles. The highest BCUT2D eigenvalue weighted by Crippen LogP contribution is 2.19. The monoisotopic (exact) mass is 252 g/mol. The molecule has 0 aliphatic heterocycles. The molecule has 0 spiro atoms. The van der Waals surface area contributed by atoms with Gasteiger partial charge in [0.15, 0.2) is 0 Å². The minimum atomic E-state index is -1.29. The second kappa shape index (κ2) is 6.11. The number of nitriles is 1. The van der Waals surface area contributed by atoms with E-state index in [2.05, 4.69) is 0 Å². The van der Waals surface area contributed by atoms with Gasteiger partial charge in [-0.1, -0.05) is 6.92 Å². The zero-order chi connectivity index (χ0) is 12.8. The minimum absolute atomic E-state index is 0.0286. The Morgan fingerprint density at radius 1 is 1.47 bits per heavy atom.